The van der Waals surface area contributed by atoms with Crippen molar-refractivity contribution < 1.29 is 0 Å². The van der Waals surface area contributed by atoms with Crippen molar-refractivity contribution in [3.8, 4) is 0 Å². The Morgan fingerprint density at radius 2 is 2.25 bits per heavy atom. The van der Waals surface area contributed by atoms with Gasteiger partial charge in [-0.05, 0) is 24.4 Å². The SMILES string of the molecule is C=C(Br)CSc1nc2nc(C)cc(C)n2n1. The number of halogens is 1. The van der Waals surface area contributed by atoms with E-state index in [-0.39, 0.29) is 0 Å². The number of aromatic nitrogens is 4. The van der Waals surface area contributed by atoms with Crippen LogP contribution in [0, 0.1) is 13.8 Å². The number of nitrogens with zero attached hydrogens (tertiary/aromatic N) is 4. The molecule has 2 aromatic heterocycles. The van der Waals surface area contributed by atoms with Gasteiger partial charge in [0.2, 0.25) is 5.16 Å². The fraction of sp³-hybridized carbons (Fsp3) is 0.300. The van der Waals surface area contributed by atoms with Crippen molar-refractivity contribution in [2.75, 3.05) is 5.75 Å². The summed E-state index contributed by atoms with van der Waals surface area (Å²) in [6, 6.07) is 1.99. The second-order valence-corrected chi connectivity index (χ2v) is 5.51. The lowest BCUT2D eigenvalue weighted by Crippen LogP contribution is -1.97. The first-order valence-electron chi connectivity index (χ1n) is 4.73. The van der Waals surface area contributed by atoms with E-state index < -0.39 is 0 Å². The Bertz CT molecular complexity index is 549. The Morgan fingerprint density at radius 1 is 1.50 bits per heavy atom. The molecule has 0 saturated heterocycles. The molecule has 2 heterocycles. The van der Waals surface area contributed by atoms with E-state index in [1.54, 1.807) is 4.52 Å². The van der Waals surface area contributed by atoms with Crippen LogP contribution in [0.15, 0.2) is 22.3 Å². The number of hydrogen-bond donors (Lipinski definition) is 0. The van der Waals surface area contributed by atoms with Gasteiger partial charge in [0.05, 0.1) is 0 Å². The summed E-state index contributed by atoms with van der Waals surface area (Å²) in [5.74, 6) is 1.41. The van der Waals surface area contributed by atoms with E-state index in [0.29, 0.717) is 5.78 Å². The first-order valence-corrected chi connectivity index (χ1v) is 6.51. The Hall–Kier alpha value is -0.880. The minimum atomic E-state index is 0.653. The second kappa shape index (κ2) is 4.55. The van der Waals surface area contributed by atoms with E-state index in [4.69, 9.17) is 0 Å². The molecule has 0 fully saturated rings. The van der Waals surface area contributed by atoms with Gasteiger partial charge in [0.25, 0.3) is 5.78 Å². The third-order valence-corrected chi connectivity index (χ3v) is 3.53. The Kier molecular flexibility index (Phi) is 3.30. The molecule has 0 amide bonds. The Labute approximate surface area is 106 Å². The highest BCUT2D eigenvalue weighted by Crippen LogP contribution is 2.19. The quantitative estimate of drug-likeness (QED) is 0.817. The lowest BCUT2D eigenvalue weighted by atomic mass is 10.4. The molecule has 0 atom stereocenters. The molecule has 0 aliphatic rings. The summed E-state index contributed by atoms with van der Waals surface area (Å²) in [4.78, 5) is 8.67. The first-order chi connectivity index (χ1) is 7.56. The molecule has 0 aromatic carbocycles. The van der Waals surface area contributed by atoms with E-state index in [1.165, 1.54) is 11.8 Å². The zero-order chi connectivity index (χ0) is 11.7. The van der Waals surface area contributed by atoms with Crippen LogP contribution in [0.3, 0.4) is 0 Å². The molecule has 0 N–H and O–H groups in total. The van der Waals surface area contributed by atoms with Gasteiger partial charge in [0.1, 0.15) is 0 Å². The van der Waals surface area contributed by atoms with Crippen molar-refractivity contribution in [1.82, 2.24) is 19.6 Å². The molecule has 16 heavy (non-hydrogen) atoms. The third kappa shape index (κ3) is 2.44. The summed E-state index contributed by atoms with van der Waals surface area (Å²) in [5.41, 5.74) is 2.00. The molecular formula is C10H11BrN4S. The maximum absolute atomic E-state index is 4.37. The molecule has 4 nitrogen and oxygen atoms in total. The van der Waals surface area contributed by atoms with Crippen molar-refractivity contribution in [3.63, 3.8) is 0 Å². The van der Waals surface area contributed by atoms with E-state index in [1.807, 2.05) is 19.9 Å². The monoisotopic (exact) mass is 298 g/mol. The van der Waals surface area contributed by atoms with Gasteiger partial charge in [-0.3, -0.25) is 0 Å². The van der Waals surface area contributed by atoms with Gasteiger partial charge in [-0.1, -0.05) is 34.3 Å². The summed E-state index contributed by atoms with van der Waals surface area (Å²) in [6.45, 7) is 7.72. The lowest BCUT2D eigenvalue weighted by molar-refractivity contribution is 0.843. The second-order valence-electron chi connectivity index (χ2n) is 3.45. The van der Waals surface area contributed by atoms with Crippen LogP contribution in [0.2, 0.25) is 0 Å². The average Bonchev–Trinajstić information content (AvgIpc) is 2.57. The largest absolute Gasteiger partial charge is 0.253 e. The zero-order valence-corrected chi connectivity index (χ0v) is 11.5. The van der Waals surface area contributed by atoms with Crippen LogP contribution in [-0.4, -0.2) is 25.3 Å². The highest BCUT2D eigenvalue weighted by atomic mass is 79.9. The van der Waals surface area contributed by atoms with Crippen molar-refractivity contribution in [2.45, 2.75) is 19.0 Å². The number of hydrogen-bond acceptors (Lipinski definition) is 4. The van der Waals surface area contributed by atoms with E-state index in [0.717, 1.165) is 26.8 Å². The summed E-state index contributed by atoms with van der Waals surface area (Å²) >= 11 is 4.85. The summed E-state index contributed by atoms with van der Waals surface area (Å²) in [5, 5.41) is 5.09. The minimum Gasteiger partial charge on any atom is -0.216 e. The molecule has 0 unspecified atom stereocenters. The van der Waals surface area contributed by atoms with Crippen LogP contribution in [0.25, 0.3) is 5.78 Å². The molecule has 2 aromatic rings. The third-order valence-electron chi connectivity index (χ3n) is 1.96. The van der Waals surface area contributed by atoms with Crippen LogP contribution in [-0.2, 0) is 0 Å². The van der Waals surface area contributed by atoms with Gasteiger partial charge >= 0.3 is 0 Å². The van der Waals surface area contributed by atoms with E-state index >= 15 is 0 Å². The maximum atomic E-state index is 4.37. The average molecular weight is 299 g/mol. The van der Waals surface area contributed by atoms with Crippen molar-refractivity contribution in [1.29, 1.82) is 0 Å². The van der Waals surface area contributed by atoms with Crippen molar-refractivity contribution in [2.24, 2.45) is 0 Å². The molecule has 84 valence electrons. The zero-order valence-electron chi connectivity index (χ0n) is 9.07. The predicted molar refractivity (Wildman–Crippen MR) is 69.0 cm³/mol. The van der Waals surface area contributed by atoms with Crippen LogP contribution in [0.1, 0.15) is 11.4 Å². The highest BCUT2D eigenvalue weighted by Gasteiger charge is 2.07. The van der Waals surface area contributed by atoms with E-state index in [2.05, 4.69) is 37.6 Å². The topological polar surface area (TPSA) is 43.1 Å². The molecule has 2 rings (SSSR count). The Morgan fingerprint density at radius 3 is 2.94 bits per heavy atom. The van der Waals surface area contributed by atoms with Gasteiger partial charge in [-0.15, -0.1) is 5.10 Å². The van der Waals surface area contributed by atoms with Crippen molar-refractivity contribution >= 4 is 33.5 Å². The molecular weight excluding hydrogens is 288 g/mol. The molecule has 0 spiro atoms. The number of thioether (sulfide) groups is 1. The van der Waals surface area contributed by atoms with Gasteiger partial charge < -0.3 is 0 Å². The lowest BCUT2D eigenvalue weighted by Gasteiger charge is -1.97. The smallest absolute Gasteiger partial charge is 0.216 e. The number of fused-ring (bicyclic) bond motifs is 1. The standard InChI is InChI=1S/C10H11BrN4S/c1-6(11)5-16-10-13-9-12-7(2)4-8(3)15(9)14-10/h4H,1,5H2,2-3H3. The normalized spacial score (nSPS) is 10.9. The van der Waals surface area contributed by atoms with Gasteiger partial charge in [0.15, 0.2) is 0 Å². The van der Waals surface area contributed by atoms with Crippen LogP contribution >= 0.6 is 27.7 Å². The molecule has 0 saturated carbocycles. The van der Waals surface area contributed by atoms with Gasteiger partial charge in [0, 0.05) is 17.1 Å². The summed E-state index contributed by atoms with van der Waals surface area (Å²) < 4.78 is 2.68. The first kappa shape index (κ1) is 11.6. The molecule has 6 heteroatoms. The van der Waals surface area contributed by atoms with Gasteiger partial charge in [-0.25, -0.2) is 9.50 Å². The van der Waals surface area contributed by atoms with E-state index in [9.17, 15) is 0 Å². The van der Waals surface area contributed by atoms with Crippen LogP contribution in [0.4, 0.5) is 0 Å². The van der Waals surface area contributed by atoms with Crippen molar-refractivity contribution in [3.05, 3.63) is 28.5 Å². The van der Waals surface area contributed by atoms with Crippen LogP contribution in [0.5, 0.6) is 0 Å². The molecule has 0 aliphatic carbocycles. The molecule has 0 radical (unpaired) electrons. The minimum absolute atomic E-state index is 0.653. The molecule has 0 aliphatic heterocycles. The fourth-order valence-corrected chi connectivity index (χ4v) is 2.27. The molecule has 0 bridgehead atoms. The summed E-state index contributed by atoms with van der Waals surface area (Å²) in [7, 11) is 0. The fourth-order valence-electron chi connectivity index (χ4n) is 1.35. The number of rotatable bonds is 3. The Balaban J connectivity index is 2.36. The number of aryl methyl sites for hydroxylation is 2. The maximum Gasteiger partial charge on any atom is 0.253 e. The van der Waals surface area contributed by atoms with Gasteiger partial charge in [-0.2, -0.15) is 4.98 Å². The predicted octanol–water partition coefficient (Wildman–Crippen LogP) is 2.74. The highest BCUT2D eigenvalue weighted by molar-refractivity contribution is 9.11. The van der Waals surface area contributed by atoms with Crippen LogP contribution < -0.4 is 0 Å². The summed E-state index contributed by atoms with van der Waals surface area (Å²) in [6.07, 6.45) is 0.